The third kappa shape index (κ3) is 8.44. The molecular formula is C25H35IN4O2. The molecule has 0 radical (unpaired) electrons. The average molecular weight is 550 g/mol. The van der Waals surface area contributed by atoms with Crippen molar-refractivity contribution in [2.45, 2.75) is 33.4 Å². The van der Waals surface area contributed by atoms with Gasteiger partial charge < -0.3 is 25.1 Å². The second-order valence-corrected chi connectivity index (χ2v) is 7.30. The molecule has 0 aliphatic carbocycles. The normalized spacial score (nSPS) is 11.4. The van der Waals surface area contributed by atoms with Crippen LogP contribution in [0.3, 0.4) is 0 Å². The first-order chi connectivity index (χ1) is 15.3. The number of fused-ring (bicyclic) bond motifs is 1. The lowest BCUT2D eigenvalue weighted by atomic mass is 10.1. The molecule has 0 saturated heterocycles. The fourth-order valence-corrected chi connectivity index (χ4v) is 3.44. The van der Waals surface area contributed by atoms with Gasteiger partial charge in [0.15, 0.2) is 5.96 Å². The van der Waals surface area contributed by atoms with Crippen molar-refractivity contribution in [3.8, 4) is 0 Å². The van der Waals surface area contributed by atoms with E-state index < -0.39 is 0 Å². The van der Waals surface area contributed by atoms with Gasteiger partial charge in [-0.2, -0.15) is 0 Å². The van der Waals surface area contributed by atoms with Crippen molar-refractivity contribution in [1.29, 1.82) is 0 Å². The molecule has 3 aromatic rings. The van der Waals surface area contributed by atoms with Crippen LogP contribution < -0.4 is 10.6 Å². The SMILES string of the molecule is CCNC(=NCc1cccc(COCCOCC)c1)NCCc1c[nH]c2ccccc12.I. The summed E-state index contributed by atoms with van der Waals surface area (Å²) in [4.78, 5) is 8.09. The van der Waals surface area contributed by atoms with Gasteiger partial charge in [-0.15, -0.1) is 24.0 Å². The number of hydrogen-bond donors (Lipinski definition) is 3. The number of hydrogen-bond acceptors (Lipinski definition) is 3. The zero-order valence-corrected chi connectivity index (χ0v) is 21.4. The molecule has 1 aromatic heterocycles. The summed E-state index contributed by atoms with van der Waals surface area (Å²) in [6.07, 6.45) is 3.03. The van der Waals surface area contributed by atoms with Crippen LogP contribution in [0.5, 0.6) is 0 Å². The Bertz CT molecular complexity index is 958. The molecule has 174 valence electrons. The van der Waals surface area contributed by atoms with Gasteiger partial charge in [0.05, 0.1) is 26.4 Å². The van der Waals surface area contributed by atoms with Crippen LogP contribution in [0, 0.1) is 0 Å². The van der Waals surface area contributed by atoms with Crippen LogP contribution in [0.25, 0.3) is 10.9 Å². The van der Waals surface area contributed by atoms with E-state index in [-0.39, 0.29) is 24.0 Å². The zero-order valence-electron chi connectivity index (χ0n) is 19.0. The number of aliphatic imine (C=N–C) groups is 1. The molecule has 0 saturated carbocycles. The Morgan fingerprint density at radius 2 is 1.78 bits per heavy atom. The molecule has 0 aliphatic heterocycles. The molecule has 32 heavy (non-hydrogen) atoms. The van der Waals surface area contributed by atoms with Gasteiger partial charge >= 0.3 is 0 Å². The van der Waals surface area contributed by atoms with E-state index >= 15 is 0 Å². The van der Waals surface area contributed by atoms with Crippen LogP contribution in [-0.2, 0) is 29.0 Å². The first-order valence-electron chi connectivity index (χ1n) is 11.1. The summed E-state index contributed by atoms with van der Waals surface area (Å²) in [5, 5.41) is 8.06. The van der Waals surface area contributed by atoms with Gasteiger partial charge in [-0.3, -0.25) is 0 Å². The lowest BCUT2D eigenvalue weighted by molar-refractivity contribution is 0.0453. The van der Waals surface area contributed by atoms with Crippen molar-refractivity contribution in [1.82, 2.24) is 15.6 Å². The number of nitrogens with one attached hydrogen (secondary N) is 3. The fourth-order valence-electron chi connectivity index (χ4n) is 3.44. The fraction of sp³-hybridized carbons (Fsp3) is 0.400. The number of para-hydroxylation sites is 1. The molecule has 0 amide bonds. The molecule has 0 spiro atoms. The van der Waals surface area contributed by atoms with Crippen LogP contribution in [-0.4, -0.2) is 43.9 Å². The number of rotatable bonds is 12. The topological polar surface area (TPSA) is 70.7 Å². The summed E-state index contributed by atoms with van der Waals surface area (Å²) in [7, 11) is 0. The number of ether oxygens (including phenoxy) is 2. The van der Waals surface area contributed by atoms with Crippen LogP contribution in [0.15, 0.2) is 59.7 Å². The molecule has 0 aliphatic rings. The number of benzene rings is 2. The van der Waals surface area contributed by atoms with Crippen LogP contribution in [0.1, 0.15) is 30.5 Å². The molecule has 1 heterocycles. The molecule has 6 nitrogen and oxygen atoms in total. The summed E-state index contributed by atoms with van der Waals surface area (Å²) < 4.78 is 11.0. The molecule has 7 heteroatoms. The van der Waals surface area contributed by atoms with Crippen molar-refractivity contribution in [2.75, 3.05) is 32.9 Å². The Balaban J connectivity index is 0.00000363. The molecule has 3 N–H and O–H groups in total. The van der Waals surface area contributed by atoms with Gasteiger partial charge in [0.2, 0.25) is 0 Å². The van der Waals surface area contributed by atoms with Gasteiger partial charge in [-0.05, 0) is 43.0 Å². The maximum Gasteiger partial charge on any atom is 0.191 e. The Morgan fingerprint density at radius 1 is 0.969 bits per heavy atom. The Hall–Kier alpha value is -2.10. The monoisotopic (exact) mass is 550 g/mol. The third-order valence-corrected chi connectivity index (χ3v) is 4.96. The highest BCUT2D eigenvalue weighted by molar-refractivity contribution is 14.0. The maximum atomic E-state index is 5.67. The first kappa shape index (κ1) is 26.2. The number of guanidine groups is 1. The molecule has 0 unspecified atom stereocenters. The van der Waals surface area contributed by atoms with E-state index in [9.17, 15) is 0 Å². The summed E-state index contributed by atoms with van der Waals surface area (Å²) in [6, 6.07) is 16.8. The van der Waals surface area contributed by atoms with Gasteiger partial charge in [0.1, 0.15) is 0 Å². The number of aromatic amines is 1. The minimum atomic E-state index is 0. The van der Waals surface area contributed by atoms with Gasteiger partial charge in [0.25, 0.3) is 0 Å². The molecule has 3 rings (SSSR count). The highest BCUT2D eigenvalue weighted by Gasteiger charge is 2.04. The summed E-state index contributed by atoms with van der Waals surface area (Å²) >= 11 is 0. The van der Waals surface area contributed by atoms with E-state index in [1.165, 1.54) is 22.0 Å². The second kappa shape index (κ2) is 14.9. The number of nitrogens with zero attached hydrogens (tertiary/aromatic N) is 1. The Labute approximate surface area is 208 Å². The van der Waals surface area contributed by atoms with Crippen molar-refractivity contribution in [3.05, 3.63) is 71.4 Å². The highest BCUT2D eigenvalue weighted by Crippen LogP contribution is 2.17. The maximum absolute atomic E-state index is 5.67. The summed E-state index contributed by atoms with van der Waals surface area (Å²) in [6.45, 7) is 8.90. The zero-order chi connectivity index (χ0) is 21.7. The van der Waals surface area contributed by atoms with E-state index in [1.807, 2.05) is 6.92 Å². The lowest BCUT2D eigenvalue weighted by Gasteiger charge is -2.11. The van der Waals surface area contributed by atoms with Gasteiger partial charge in [-0.1, -0.05) is 42.5 Å². The van der Waals surface area contributed by atoms with E-state index in [0.717, 1.165) is 37.6 Å². The highest BCUT2D eigenvalue weighted by atomic mass is 127. The smallest absolute Gasteiger partial charge is 0.191 e. The minimum absolute atomic E-state index is 0. The Morgan fingerprint density at radius 3 is 2.62 bits per heavy atom. The van der Waals surface area contributed by atoms with Crippen LogP contribution in [0.4, 0.5) is 0 Å². The third-order valence-electron chi connectivity index (χ3n) is 4.96. The minimum Gasteiger partial charge on any atom is -0.379 e. The van der Waals surface area contributed by atoms with Crippen molar-refractivity contribution >= 4 is 40.8 Å². The van der Waals surface area contributed by atoms with Crippen molar-refractivity contribution < 1.29 is 9.47 Å². The first-order valence-corrected chi connectivity index (χ1v) is 11.1. The predicted molar refractivity (Wildman–Crippen MR) is 143 cm³/mol. The summed E-state index contributed by atoms with van der Waals surface area (Å²) in [5.41, 5.74) is 4.82. The molecule has 2 aromatic carbocycles. The van der Waals surface area contributed by atoms with Crippen molar-refractivity contribution in [2.24, 2.45) is 4.99 Å². The summed E-state index contributed by atoms with van der Waals surface area (Å²) in [5.74, 6) is 0.834. The number of aromatic nitrogens is 1. The van der Waals surface area contributed by atoms with Gasteiger partial charge in [0, 0.05) is 36.8 Å². The van der Waals surface area contributed by atoms with Crippen molar-refractivity contribution in [3.63, 3.8) is 0 Å². The van der Waals surface area contributed by atoms with E-state index in [4.69, 9.17) is 14.5 Å². The molecular weight excluding hydrogens is 515 g/mol. The van der Waals surface area contributed by atoms with Crippen LogP contribution in [0.2, 0.25) is 0 Å². The van der Waals surface area contributed by atoms with Crippen LogP contribution >= 0.6 is 24.0 Å². The molecule has 0 bridgehead atoms. The standard InChI is InChI=1S/C25H34N4O2.HI/c1-3-26-25(27-13-12-22-18-28-24-11-6-5-10-23(22)24)29-17-20-8-7-9-21(16-20)19-31-15-14-30-4-2;/h5-11,16,18,28H,3-4,12-15,17,19H2,1-2H3,(H2,26,27,29);1H. The number of H-pyrrole nitrogens is 1. The van der Waals surface area contributed by atoms with Gasteiger partial charge in [-0.25, -0.2) is 4.99 Å². The largest absolute Gasteiger partial charge is 0.379 e. The average Bonchev–Trinajstić information content (AvgIpc) is 3.21. The number of halogens is 1. The van der Waals surface area contributed by atoms with E-state index in [1.54, 1.807) is 0 Å². The molecule has 0 fully saturated rings. The Kier molecular flexibility index (Phi) is 12.2. The predicted octanol–water partition coefficient (Wildman–Crippen LogP) is 4.64. The van der Waals surface area contributed by atoms with E-state index in [2.05, 4.69) is 77.3 Å². The second-order valence-electron chi connectivity index (χ2n) is 7.30. The van der Waals surface area contributed by atoms with E-state index in [0.29, 0.717) is 26.4 Å². The quantitative estimate of drug-likeness (QED) is 0.133. The molecule has 0 atom stereocenters. The lowest BCUT2D eigenvalue weighted by Crippen LogP contribution is -2.38.